The van der Waals surface area contributed by atoms with Gasteiger partial charge in [-0.1, -0.05) is 0 Å². The van der Waals surface area contributed by atoms with Crippen molar-refractivity contribution < 1.29 is 31.4 Å². The maximum Gasteiger partial charge on any atom is 0.203 e. The zero-order chi connectivity index (χ0) is 16.4. The summed E-state index contributed by atoms with van der Waals surface area (Å²) >= 11 is 0. The number of halogens is 5. The van der Waals surface area contributed by atoms with Crippen LogP contribution in [-0.4, -0.2) is 21.5 Å². The van der Waals surface area contributed by atoms with Crippen molar-refractivity contribution in [3.63, 3.8) is 0 Å². The summed E-state index contributed by atoms with van der Waals surface area (Å²) in [6.45, 7) is 0. The molecule has 8 heteroatoms. The van der Waals surface area contributed by atoms with Crippen molar-refractivity contribution in [2.24, 2.45) is 0 Å². The van der Waals surface area contributed by atoms with Crippen molar-refractivity contribution in [1.82, 2.24) is 0 Å². The lowest BCUT2D eigenvalue weighted by Gasteiger charge is -2.11. The molecule has 0 aliphatic carbocycles. The van der Waals surface area contributed by atoms with Crippen molar-refractivity contribution in [2.45, 2.75) is 0 Å². The van der Waals surface area contributed by atoms with E-state index in [4.69, 9.17) is 0 Å². The van der Waals surface area contributed by atoms with Gasteiger partial charge in [0.25, 0.3) is 0 Å². The van der Waals surface area contributed by atoms with Crippen LogP contribution in [-0.2, 0) is 0 Å². The number of rotatable bonds is 4. The molecule has 0 fully saturated rings. The standard InChI is InChI=1S/C14H9BF5O2/c1-21-11-3-6(7(16)4-8(11)17)15-12-9(18)5-10(19)14(22-2)13(12)20/h3-5H,1-2H3. The topological polar surface area (TPSA) is 18.5 Å². The van der Waals surface area contributed by atoms with Gasteiger partial charge in [0, 0.05) is 12.1 Å². The summed E-state index contributed by atoms with van der Waals surface area (Å²) in [7, 11) is 2.93. The van der Waals surface area contributed by atoms with E-state index >= 15 is 0 Å². The third-order valence-corrected chi connectivity index (χ3v) is 2.94. The van der Waals surface area contributed by atoms with E-state index in [0.29, 0.717) is 12.1 Å². The van der Waals surface area contributed by atoms with Gasteiger partial charge in [-0.15, -0.1) is 0 Å². The maximum atomic E-state index is 14.0. The molecule has 2 aromatic carbocycles. The largest absolute Gasteiger partial charge is 0.494 e. The molecule has 0 spiro atoms. The quantitative estimate of drug-likeness (QED) is 0.635. The van der Waals surface area contributed by atoms with E-state index in [9.17, 15) is 22.0 Å². The molecule has 0 aliphatic rings. The van der Waals surface area contributed by atoms with Gasteiger partial charge in [-0.05, 0) is 17.0 Å². The minimum absolute atomic E-state index is 0.303. The fourth-order valence-electron chi connectivity index (χ4n) is 1.87. The van der Waals surface area contributed by atoms with Crippen LogP contribution in [0.4, 0.5) is 22.0 Å². The molecule has 0 bridgehead atoms. The summed E-state index contributed by atoms with van der Waals surface area (Å²) in [6.07, 6.45) is 0. The Morgan fingerprint density at radius 3 is 2.00 bits per heavy atom. The summed E-state index contributed by atoms with van der Waals surface area (Å²) in [4.78, 5) is 0. The third kappa shape index (κ3) is 2.86. The number of benzene rings is 2. The first-order valence-corrected chi connectivity index (χ1v) is 5.98. The molecule has 0 atom stereocenters. The summed E-state index contributed by atoms with van der Waals surface area (Å²) in [5.41, 5.74) is -1.05. The Bertz CT molecular complexity index is 721. The van der Waals surface area contributed by atoms with E-state index in [1.54, 1.807) is 0 Å². The Morgan fingerprint density at radius 2 is 1.41 bits per heavy atom. The molecule has 2 aromatic rings. The van der Waals surface area contributed by atoms with Crippen molar-refractivity contribution in [3.05, 3.63) is 47.3 Å². The molecule has 0 unspecified atom stereocenters. The number of methoxy groups -OCH3 is 2. The Hall–Kier alpha value is -2.25. The van der Waals surface area contributed by atoms with Gasteiger partial charge in [-0.2, -0.15) is 0 Å². The molecule has 115 valence electrons. The van der Waals surface area contributed by atoms with Crippen LogP contribution in [0.3, 0.4) is 0 Å². The molecule has 0 saturated heterocycles. The van der Waals surface area contributed by atoms with Crippen molar-refractivity contribution in [1.29, 1.82) is 0 Å². The van der Waals surface area contributed by atoms with E-state index in [-0.39, 0.29) is 11.2 Å². The Labute approximate surface area is 123 Å². The van der Waals surface area contributed by atoms with Gasteiger partial charge in [-0.25, -0.2) is 22.0 Å². The smallest absolute Gasteiger partial charge is 0.203 e. The molecule has 2 rings (SSSR count). The SMILES string of the molecule is COc1cc([B]c2c(F)cc(F)c(OC)c2F)c(F)cc1F. The number of ether oxygens (including phenoxy) is 2. The zero-order valence-corrected chi connectivity index (χ0v) is 11.5. The Kier molecular flexibility index (Phi) is 4.58. The highest BCUT2D eigenvalue weighted by Crippen LogP contribution is 2.21. The van der Waals surface area contributed by atoms with Crippen molar-refractivity contribution in [2.75, 3.05) is 14.2 Å². The average Bonchev–Trinajstić information content (AvgIpc) is 2.45. The van der Waals surface area contributed by atoms with Gasteiger partial charge in [0.05, 0.1) is 14.2 Å². The van der Waals surface area contributed by atoms with Crippen LogP contribution in [0.25, 0.3) is 0 Å². The van der Waals surface area contributed by atoms with Crippen molar-refractivity contribution in [3.8, 4) is 11.5 Å². The van der Waals surface area contributed by atoms with Crippen LogP contribution >= 0.6 is 0 Å². The lowest BCUT2D eigenvalue weighted by molar-refractivity contribution is 0.358. The van der Waals surface area contributed by atoms with Gasteiger partial charge >= 0.3 is 0 Å². The third-order valence-electron chi connectivity index (χ3n) is 2.94. The number of hydrogen-bond donors (Lipinski definition) is 0. The zero-order valence-electron chi connectivity index (χ0n) is 11.5. The van der Waals surface area contributed by atoms with Gasteiger partial charge in [0.1, 0.15) is 11.6 Å². The van der Waals surface area contributed by atoms with E-state index in [1.807, 2.05) is 0 Å². The summed E-state index contributed by atoms with van der Waals surface area (Å²) in [5.74, 6) is -6.94. The highest BCUT2D eigenvalue weighted by Gasteiger charge is 2.22. The van der Waals surface area contributed by atoms with Crippen LogP contribution < -0.4 is 20.4 Å². The lowest BCUT2D eigenvalue weighted by Crippen LogP contribution is -2.35. The van der Waals surface area contributed by atoms with E-state index < -0.39 is 40.3 Å². The fourth-order valence-corrected chi connectivity index (χ4v) is 1.87. The van der Waals surface area contributed by atoms with E-state index in [0.717, 1.165) is 27.6 Å². The molecule has 2 nitrogen and oxygen atoms in total. The number of hydrogen-bond acceptors (Lipinski definition) is 2. The molecule has 0 aliphatic heterocycles. The maximum absolute atomic E-state index is 14.0. The van der Waals surface area contributed by atoms with Crippen LogP contribution in [0.2, 0.25) is 0 Å². The molecule has 0 amide bonds. The van der Waals surface area contributed by atoms with E-state index in [2.05, 4.69) is 9.47 Å². The first-order valence-electron chi connectivity index (χ1n) is 5.98. The second-order valence-electron chi connectivity index (χ2n) is 4.25. The van der Waals surface area contributed by atoms with Crippen LogP contribution in [0, 0.1) is 29.1 Å². The highest BCUT2D eigenvalue weighted by atomic mass is 19.2. The second-order valence-corrected chi connectivity index (χ2v) is 4.25. The monoisotopic (exact) mass is 315 g/mol. The minimum Gasteiger partial charge on any atom is -0.494 e. The van der Waals surface area contributed by atoms with E-state index in [1.165, 1.54) is 0 Å². The first kappa shape index (κ1) is 16.1. The molecular weight excluding hydrogens is 306 g/mol. The molecule has 1 radical (unpaired) electrons. The molecule has 0 saturated carbocycles. The summed E-state index contributed by atoms with van der Waals surface area (Å²) < 4.78 is 77.2. The second kappa shape index (κ2) is 6.25. The van der Waals surface area contributed by atoms with Gasteiger partial charge in [0.2, 0.25) is 7.28 Å². The van der Waals surface area contributed by atoms with Gasteiger partial charge < -0.3 is 9.47 Å². The molecule has 0 aromatic heterocycles. The fraction of sp³-hybridized carbons (Fsp3) is 0.143. The van der Waals surface area contributed by atoms with Crippen LogP contribution in [0.5, 0.6) is 11.5 Å². The van der Waals surface area contributed by atoms with Crippen molar-refractivity contribution >= 4 is 18.2 Å². The van der Waals surface area contributed by atoms with Crippen LogP contribution in [0.15, 0.2) is 18.2 Å². The molecular formula is C14H9BF5O2. The lowest BCUT2D eigenvalue weighted by atomic mass is 9.63. The summed E-state index contributed by atoms with van der Waals surface area (Å²) in [6, 6.07) is 1.85. The van der Waals surface area contributed by atoms with Crippen LogP contribution in [0.1, 0.15) is 0 Å². The van der Waals surface area contributed by atoms with Gasteiger partial charge in [0.15, 0.2) is 29.0 Å². The molecule has 0 N–H and O–H groups in total. The molecule has 22 heavy (non-hydrogen) atoms. The minimum atomic E-state index is -1.33. The summed E-state index contributed by atoms with van der Waals surface area (Å²) in [5, 5.41) is 0. The predicted molar refractivity (Wildman–Crippen MR) is 70.8 cm³/mol. The highest BCUT2D eigenvalue weighted by molar-refractivity contribution is 6.67. The average molecular weight is 315 g/mol. The molecule has 0 heterocycles. The predicted octanol–water partition coefficient (Wildman–Crippen LogP) is 2.05. The Balaban J connectivity index is 2.52. The normalized spacial score (nSPS) is 10.5. The first-order chi connectivity index (χ1) is 10.4. The van der Waals surface area contributed by atoms with Gasteiger partial charge in [-0.3, -0.25) is 0 Å². The Morgan fingerprint density at radius 1 is 0.773 bits per heavy atom.